The molecule has 2 atom stereocenters. The predicted octanol–water partition coefficient (Wildman–Crippen LogP) is 3.36. The van der Waals surface area contributed by atoms with Crippen molar-refractivity contribution in [3.63, 3.8) is 0 Å². The van der Waals surface area contributed by atoms with Gasteiger partial charge in [0.2, 0.25) is 0 Å². The van der Waals surface area contributed by atoms with E-state index < -0.39 is 11.7 Å². The van der Waals surface area contributed by atoms with Crippen molar-refractivity contribution < 1.29 is 13.9 Å². The van der Waals surface area contributed by atoms with E-state index in [1.807, 2.05) is 26.8 Å². The molecule has 2 N–H and O–H groups in total. The monoisotopic (exact) mass is 308 g/mol. The van der Waals surface area contributed by atoms with Crippen molar-refractivity contribution in [1.29, 1.82) is 0 Å². The molecule has 0 aromatic heterocycles. The summed E-state index contributed by atoms with van der Waals surface area (Å²) in [6.45, 7) is 5.99. The summed E-state index contributed by atoms with van der Waals surface area (Å²) in [7, 11) is 0. The number of ether oxygens (including phenoxy) is 1. The summed E-state index contributed by atoms with van der Waals surface area (Å²) in [5.41, 5.74) is 0.143. The minimum atomic E-state index is -0.501. The Balaban J connectivity index is 1.86. The van der Waals surface area contributed by atoms with E-state index in [1.54, 1.807) is 12.1 Å². The Morgan fingerprint density at radius 3 is 2.64 bits per heavy atom. The number of benzene rings is 1. The summed E-state index contributed by atoms with van der Waals surface area (Å²) in [5, 5.41) is 6.27. The Kier molecular flexibility index (Phi) is 5.40. The maximum absolute atomic E-state index is 13.6. The first kappa shape index (κ1) is 16.7. The molecule has 4 nitrogen and oxygen atoms in total. The van der Waals surface area contributed by atoms with Crippen molar-refractivity contribution in [2.24, 2.45) is 0 Å². The highest BCUT2D eigenvalue weighted by molar-refractivity contribution is 5.68. The Hall–Kier alpha value is -1.62. The molecule has 1 aliphatic carbocycles. The number of nitrogens with one attached hydrogen (secondary N) is 2. The summed E-state index contributed by atoms with van der Waals surface area (Å²) >= 11 is 0. The molecule has 2 rings (SSSR count). The molecular weight excluding hydrogens is 283 g/mol. The third kappa shape index (κ3) is 4.98. The zero-order valence-electron chi connectivity index (χ0n) is 13.5. The number of hydrogen-bond acceptors (Lipinski definition) is 3. The van der Waals surface area contributed by atoms with Crippen molar-refractivity contribution in [3.05, 3.63) is 35.6 Å². The van der Waals surface area contributed by atoms with Crippen LogP contribution in [-0.2, 0) is 11.3 Å². The lowest BCUT2D eigenvalue weighted by atomic mass is 10.1. The van der Waals surface area contributed by atoms with Crippen LogP contribution in [0.4, 0.5) is 9.18 Å². The minimum Gasteiger partial charge on any atom is -0.444 e. The minimum absolute atomic E-state index is 0.0293. The Bertz CT molecular complexity index is 514. The smallest absolute Gasteiger partial charge is 0.407 e. The highest BCUT2D eigenvalue weighted by Gasteiger charge is 2.29. The van der Waals surface area contributed by atoms with E-state index in [0.29, 0.717) is 12.1 Å². The molecule has 1 aromatic rings. The molecule has 0 bridgehead atoms. The summed E-state index contributed by atoms with van der Waals surface area (Å²) < 4.78 is 18.9. The topological polar surface area (TPSA) is 50.4 Å². The van der Waals surface area contributed by atoms with Crippen molar-refractivity contribution in [2.45, 2.75) is 64.3 Å². The molecule has 0 aliphatic heterocycles. The Morgan fingerprint density at radius 1 is 1.27 bits per heavy atom. The first-order valence-corrected chi connectivity index (χ1v) is 7.81. The molecule has 0 heterocycles. The molecule has 1 aliphatic rings. The van der Waals surface area contributed by atoms with Gasteiger partial charge < -0.3 is 15.4 Å². The summed E-state index contributed by atoms with van der Waals surface area (Å²) in [5.74, 6) is -0.204. The second kappa shape index (κ2) is 7.09. The largest absolute Gasteiger partial charge is 0.444 e. The third-order valence-corrected chi connectivity index (χ3v) is 3.73. The van der Waals surface area contributed by atoms with Crippen molar-refractivity contribution >= 4 is 6.09 Å². The van der Waals surface area contributed by atoms with Gasteiger partial charge in [0.1, 0.15) is 11.4 Å². The summed E-state index contributed by atoms with van der Waals surface area (Å²) in [6.07, 6.45) is 2.52. The fourth-order valence-corrected chi connectivity index (χ4v) is 2.72. The van der Waals surface area contributed by atoms with E-state index in [2.05, 4.69) is 10.6 Å². The van der Waals surface area contributed by atoms with E-state index in [4.69, 9.17) is 4.74 Å². The second-order valence-electron chi connectivity index (χ2n) is 6.76. The maximum atomic E-state index is 13.6. The van der Waals surface area contributed by atoms with Gasteiger partial charge >= 0.3 is 6.09 Å². The molecule has 1 saturated carbocycles. The molecular formula is C17H25FN2O2. The van der Waals surface area contributed by atoms with Crippen LogP contribution in [0, 0.1) is 5.82 Å². The molecule has 1 fully saturated rings. The normalized spacial score (nSPS) is 21.6. The highest BCUT2D eigenvalue weighted by Crippen LogP contribution is 2.20. The lowest BCUT2D eigenvalue weighted by molar-refractivity contribution is 0.0498. The van der Waals surface area contributed by atoms with Crippen LogP contribution in [0.3, 0.4) is 0 Å². The standard InChI is InChI=1S/C17H25FN2O2/c1-17(2,3)22-16(21)20-15-10-6-9-14(15)19-11-12-7-4-5-8-13(12)18/h4-5,7-8,14-15,19H,6,9-11H2,1-3H3,(H,20,21). The highest BCUT2D eigenvalue weighted by atomic mass is 19.1. The van der Waals surface area contributed by atoms with E-state index in [0.717, 1.165) is 19.3 Å². The van der Waals surface area contributed by atoms with Crippen LogP contribution in [0.5, 0.6) is 0 Å². The van der Waals surface area contributed by atoms with Crippen molar-refractivity contribution in [2.75, 3.05) is 0 Å². The zero-order valence-corrected chi connectivity index (χ0v) is 13.5. The van der Waals surface area contributed by atoms with Crippen LogP contribution < -0.4 is 10.6 Å². The van der Waals surface area contributed by atoms with E-state index in [1.165, 1.54) is 6.07 Å². The van der Waals surface area contributed by atoms with Gasteiger partial charge in [0.15, 0.2) is 0 Å². The van der Waals surface area contributed by atoms with Gasteiger partial charge in [-0.05, 0) is 46.1 Å². The second-order valence-corrected chi connectivity index (χ2v) is 6.76. The average molecular weight is 308 g/mol. The van der Waals surface area contributed by atoms with Gasteiger partial charge in [0.05, 0.1) is 0 Å². The first-order chi connectivity index (χ1) is 10.3. The van der Waals surface area contributed by atoms with Crippen molar-refractivity contribution in [1.82, 2.24) is 10.6 Å². The number of alkyl carbamates (subject to hydrolysis) is 1. The van der Waals surface area contributed by atoms with Gasteiger partial charge in [-0.3, -0.25) is 0 Å². The zero-order chi connectivity index (χ0) is 16.2. The van der Waals surface area contributed by atoms with Gasteiger partial charge in [-0.15, -0.1) is 0 Å². The van der Waals surface area contributed by atoms with Gasteiger partial charge in [0.25, 0.3) is 0 Å². The number of halogens is 1. The molecule has 0 radical (unpaired) electrons. The molecule has 0 saturated heterocycles. The van der Waals surface area contributed by atoms with Gasteiger partial charge in [-0.25, -0.2) is 9.18 Å². The van der Waals surface area contributed by atoms with Gasteiger partial charge in [-0.1, -0.05) is 18.2 Å². The fraction of sp³-hybridized carbons (Fsp3) is 0.588. The quantitative estimate of drug-likeness (QED) is 0.896. The molecule has 122 valence electrons. The van der Waals surface area contributed by atoms with E-state index in [9.17, 15) is 9.18 Å². The van der Waals surface area contributed by atoms with Crippen molar-refractivity contribution in [3.8, 4) is 0 Å². The molecule has 0 spiro atoms. The number of amides is 1. The Morgan fingerprint density at radius 2 is 1.95 bits per heavy atom. The lowest BCUT2D eigenvalue weighted by Crippen LogP contribution is -2.47. The van der Waals surface area contributed by atoms with Crippen LogP contribution in [0.1, 0.15) is 45.6 Å². The summed E-state index contributed by atoms with van der Waals surface area (Å²) in [4.78, 5) is 11.9. The molecule has 5 heteroatoms. The lowest BCUT2D eigenvalue weighted by Gasteiger charge is -2.25. The average Bonchev–Trinajstić information content (AvgIpc) is 2.83. The van der Waals surface area contributed by atoms with E-state index >= 15 is 0 Å². The van der Waals surface area contributed by atoms with Gasteiger partial charge in [0, 0.05) is 24.2 Å². The first-order valence-electron chi connectivity index (χ1n) is 7.81. The van der Waals surface area contributed by atoms with Crippen LogP contribution in [-0.4, -0.2) is 23.8 Å². The number of carbonyl (C=O) groups is 1. The molecule has 22 heavy (non-hydrogen) atoms. The SMILES string of the molecule is CC(C)(C)OC(=O)NC1CCCC1NCc1ccccc1F. The molecule has 1 aromatic carbocycles. The third-order valence-electron chi connectivity index (χ3n) is 3.73. The van der Waals surface area contributed by atoms with Gasteiger partial charge in [-0.2, -0.15) is 0 Å². The number of rotatable bonds is 4. The Labute approximate surface area is 131 Å². The van der Waals surface area contributed by atoms with Crippen LogP contribution in [0.25, 0.3) is 0 Å². The van der Waals surface area contributed by atoms with Crippen LogP contribution in [0.2, 0.25) is 0 Å². The summed E-state index contributed by atoms with van der Waals surface area (Å²) in [6, 6.07) is 6.91. The van der Waals surface area contributed by atoms with E-state index in [-0.39, 0.29) is 17.9 Å². The van der Waals surface area contributed by atoms with Crippen LogP contribution >= 0.6 is 0 Å². The maximum Gasteiger partial charge on any atom is 0.407 e. The molecule has 2 unspecified atom stereocenters. The van der Waals surface area contributed by atoms with Crippen LogP contribution in [0.15, 0.2) is 24.3 Å². The predicted molar refractivity (Wildman–Crippen MR) is 84.0 cm³/mol. The number of hydrogen-bond donors (Lipinski definition) is 2. The number of carbonyl (C=O) groups excluding carboxylic acids is 1. The molecule has 1 amide bonds. The fourth-order valence-electron chi connectivity index (χ4n) is 2.72.